The molecule has 0 aromatic heterocycles. The largest absolute Gasteiger partial charge is 0.385 e. The van der Waals surface area contributed by atoms with Crippen molar-refractivity contribution in [1.29, 1.82) is 0 Å². The van der Waals surface area contributed by atoms with E-state index in [2.05, 4.69) is 20.1 Å². The van der Waals surface area contributed by atoms with E-state index in [1.807, 2.05) is 0 Å². The molecule has 0 unspecified atom stereocenters. The van der Waals surface area contributed by atoms with Crippen molar-refractivity contribution in [2.24, 2.45) is 0 Å². The van der Waals surface area contributed by atoms with Crippen LogP contribution in [0.2, 0.25) is 0 Å². The Morgan fingerprint density at radius 1 is 1.38 bits per heavy atom. The molecular weight excluding hydrogens is 100 g/mol. The SMILES string of the molecule is C=C.CCCCOC. The molecule has 0 fully saturated rings. The van der Waals surface area contributed by atoms with Crippen molar-refractivity contribution < 1.29 is 4.74 Å². The Morgan fingerprint density at radius 3 is 2.00 bits per heavy atom. The molecule has 0 radical (unpaired) electrons. The van der Waals surface area contributed by atoms with Crippen molar-refractivity contribution in [3.63, 3.8) is 0 Å². The number of rotatable bonds is 3. The lowest BCUT2D eigenvalue weighted by molar-refractivity contribution is 0.194. The van der Waals surface area contributed by atoms with Gasteiger partial charge in [0.25, 0.3) is 0 Å². The molecule has 0 aromatic rings. The second-order valence-electron chi connectivity index (χ2n) is 1.35. The van der Waals surface area contributed by atoms with E-state index >= 15 is 0 Å². The van der Waals surface area contributed by atoms with E-state index in [0.717, 1.165) is 6.61 Å². The number of hydrogen-bond acceptors (Lipinski definition) is 1. The Morgan fingerprint density at radius 2 is 1.88 bits per heavy atom. The topological polar surface area (TPSA) is 9.23 Å². The zero-order valence-corrected chi connectivity index (χ0v) is 5.94. The molecule has 0 amide bonds. The van der Waals surface area contributed by atoms with Gasteiger partial charge in [0.1, 0.15) is 0 Å². The van der Waals surface area contributed by atoms with Crippen LogP contribution in [-0.4, -0.2) is 13.7 Å². The Bertz CT molecular complexity index is 23.6. The van der Waals surface area contributed by atoms with E-state index in [9.17, 15) is 0 Å². The van der Waals surface area contributed by atoms with Gasteiger partial charge in [0.2, 0.25) is 0 Å². The van der Waals surface area contributed by atoms with Crippen LogP contribution in [0.5, 0.6) is 0 Å². The van der Waals surface area contributed by atoms with Crippen LogP contribution in [0.15, 0.2) is 13.2 Å². The molecule has 0 N–H and O–H groups in total. The summed E-state index contributed by atoms with van der Waals surface area (Å²) in [6.45, 7) is 9.06. The van der Waals surface area contributed by atoms with Gasteiger partial charge in [0.15, 0.2) is 0 Å². The first-order valence-corrected chi connectivity index (χ1v) is 2.90. The first-order chi connectivity index (χ1) is 3.91. The fourth-order valence-corrected chi connectivity index (χ4v) is 0.289. The third-order valence-corrected chi connectivity index (χ3v) is 0.702. The van der Waals surface area contributed by atoms with Crippen LogP contribution < -0.4 is 0 Å². The molecule has 8 heavy (non-hydrogen) atoms. The molecule has 0 rings (SSSR count). The summed E-state index contributed by atoms with van der Waals surface area (Å²) in [5.74, 6) is 0. The lowest BCUT2D eigenvalue weighted by Gasteiger charge is -1.89. The summed E-state index contributed by atoms with van der Waals surface area (Å²) in [6.07, 6.45) is 2.42. The van der Waals surface area contributed by atoms with Crippen LogP contribution in [0.25, 0.3) is 0 Å². The van der Waals surface area contributed by atoms with Crippen molar-refractivity contribution in [2.45, 2.75) is 19.8 Å². The highest BCUT2D eigenvalue weighted by atomic mass is 16.5. The Labute approximate surface area is 52.4 Å². The van der Waals surface area contributed by atoms with Crippen LogP contribution >= 0.6 is 0 Å². The highest BCUT2D eigenvalue weighted by molar-refractivity contribution is 4.26. The minimum atomic E-state index is 0.913. The zero-order valence-electron chi connectivity index (χ0n) is 5.94. The van der Waals surface area contributed by atoms with Crippen LogP contribution in [-0.2, 0) is 4.74 Å². The van der Waals surface area contributed by atoms with Crippen LogP contribution in [0.3, 0.4) is 0 Å². The molecule has 0 aliphatic heterocycles. The first kappa shape index (κ1) is 10.6. The maximum atomic E-state index is 4.78. The van der Waals surface area contributed by atoms with Gasteiger partial charge in [0, 0.05) is 13.7 Å². The van der Waals surface area contributed by atoms with Gasteiger partial charge in [-0.1, -0.05) is 13.3 Å². The number of hydrogen-bond donors (Lipinski definition) is 0. The molecule has 0 spiro atoms. The maximum absolute atomic E-state index is 4.78. The smallest absolute Gasteiger partial charge is 0.0462 e. The molecule has 0 bridgehead atoms. The van der Waals surface area contributed by atoms with Crippen molar-refractivity contribution in [3.05, 3.63) is 13.2 Å². The average Bonchev–Trinajstić information content (AvgIpc) is 1.88. The Kier molecular flexibility index (Phi) is 21.1. The number of unbranched alkanes of at least 4 members (excludes halogenated alkanes) is 1. The van der Waals surface area contributed by atoms with Gasteiger partial charge in [0.05, 0.1) is 0 Å². The first-order valence-electron chi connectivity index (χ1n) is 2.90. The normalized spacial score (nSPS) is 7.25. The third kappa shape index (κ3) is 17.3. The molecule has 1 heteroatoms. The van der Waals surface area contributed by atoms with E-state index in [4.69, 9.17) is 4.74 Å². The van der Waals surface area contributed by atoms with Gasteiger partial charge in [-0.3, -0.25) is 0 Å². The molecule has 0 aliphatic carbocycles. The minimum absolute atomic E-state index is 0.913. The Balaban J connectivity index is 0. The van der Waals surface area contributed by atoms with Gasteiger partial charge in [-0.15, -0.1) is 13.2 Å². The predicted octanol–water partition coefficient (Wildman–Crippen LogP) is 2.24. The van der Waals surface area contributed by atoms with Crippen molar-refractivity contribution in [3.8, 4) is 0 Å². The molecule has 0 saturated carbocycles. The van der Waals surface area contributed by atoms with Gasteiger partial charge in [-0.2, -0.15) is 0 Å². The summed E-state index contributed by atoms with van der Waals surface area (Å²) in [7, 11) is 1.73. The number of ether oxygens (including phenoxy) is 1. The van der Waals surface area contributed by atoms with E-state index in [-0.39, 0.29) is 0 Å². The highest BCUT2D eigenvalue weighted by Crippen LogP contribution is 1.83. The van der Waals surface area contributed by atoms with Crippen molar-refractivity contribution in [1.82, 2.24) is 0 Å². The summed E-state index contributed by atoms with van der Waals surface area (Å²) >= 11 is 0. The average molecular weight is 116 g/mol. The molecule has 0 heterocycles. The third-order valence-electron chi connectivity index (χ3n) is 0.702. The summed E-state index contributed by atoms with van der Waals surface area (Å²) < 4.78 is 4.78. The highest BCUT2D eigenvalue weighted by Gasteiger charge is 1.74. The summed E-state index contributed by atoms with van der Waals surface area (Å²) in [4.78, 5) is 0. The Hall–Kier alpha value is -0.300. The molecule has 0 atom stereocenters. The van der Waals surface area contributed by atoms with Gasteiger partial charge >= 0.3 is 0 Å². The standard InChI is InChI=1S/C5H12O.C2H4/c1-3-4-5-6-2;1-2/h3-5H2,1-2H3;1-2H2. The lowest BCUT2D eigenvalue weighted by atomic mass is 10.4. The zero-order chi connectivity index (χ0) is 6.83. The fraction of sp³-hybridized carbons (Fsp3) is 0.714. The van der Waals surface area contributed by atoms with E-state index < -0.39 is 0 Å². The summed E-state index contributed by atoms with van der Waals surface area (Å²) in [5, 5.41) is 0. The van der Waals surface area contributed by atoms with E-state index in [1.165, 1.54) is 12.8 Å². The fourth-order valence-electron chi connectivity index (χ4n) is 0.289. The molecule has 0 aromatic carbocycles. The minimum Gasteiger partial charge on any atom is -0.385 e. The monoisotopic (exact) mass is 116 g/mol. The van der Waals surface area contributed by atoms with Crippen LogP contribution in [0.1, 0.15) is 19.8 Å². The van der Waals surface area contributed by atoms with Gasteiger partial charge in [-0.05, 0) is 6.42 Å². The van der Waals surface area contributed by atoms with E-state index in [0.29, 0.717) is 0 Å². The molecular formula is C7H16O. The van der Waals surface area contributed by atoms with Crippen molar-refractivity contribution >= 4 is 0 Å². The van der Waals surface area contributed by atoms with Crippen molar-refractivity contribution in [2.75, 3.05) is 13.7 Å². The van der Waals surface area contributed by atoms with E-state index in [1.54, 1.807) is 7.11 Å². The molecule has 0 aliphatic rings. The second-order valence-corrected chi connectivity index (χ2v) is 1.35. The quantitative estimate of drug-likeness (QED) is 0.406. The molecule has 1 nitrogen and oxygen atoms in total. The van der Waals surface area contributed by atoms with Crippen LogP contribution in [0.4, 0.5) is 0 Å². The predicted molar refractivity (Wildman–Crippen MR) is 38.0 cm³/mol. The maximum Gasteiger partial charge on any atom is 0.0462 e. The molecule has 0 saturated heterocycles. The lowest BCUT2D eigenvalue weighted by Crippen LogP contribution is -1.84. The second kappa shape index (κ2) is 15.9. The van der Waals surface area contributed by atoms with Gasteiger partial charge < -0.3 is 4.74 Å². The summed E-state index contributed by atoms with van der Waals surface area (Å²) in [6, 6.07) is 0. The van der Waals surface area contributed by atoms with Crippen LogP contribution in [0, 0.1) is 0 Å². The van der Waals surface area contributed by atoms with Gasteiger partial charge in [-0.25, -0.2) is 0 Å². The molecule has 50 valence electrons. The summed E-state index contributed by atoms with van der Waals surface area (Å²) in [5.41, 5.74) is 0. The number of methoxy groups -OCH3 is 1.